The van der Waals surface area contributed by atoms with Crippen LogP contribution in [0.4, 0.5) is 0 Å². The molecule has 1 aromatic heterocycles. The van der Waals surface area contributed by atoms with Gasteiger partial charge >= 0.3 is 5.69 Å². The van der Waals surface area contributed by atoms with Gasteiger partial charge in [-0.25, -0.2) is 4.79 Å². The Kier molecular flexibility index (Phi) is 4.32. The first-order chi connectivity index (χ1) is 7.04. The highest BCUT2D eigenvalue weighted by molar-refractivity contribution is 9.10. The van der Waals surface area contributed by atoms with Crippen LogP contribution in [0, 0.1) is 5.92 Å². The molecule has 1 unspecified atom stereocenters. The molecule has 0 amide bonds. The van der Waals surface area contributed by atoms with E-state index in [1.165, 1.54) is 4.57 Å². The third-order valence-corrected chi connectivity index (χ3v) is 2.82. The van der Waals surface area contributed by atoms with E-state index in [0.717, 1.165) is 12.8 Å². The van der Waals surface area contributed by atoms with Crippen molar-refractivity contribution in [2.24, 2.45) is 5.92 Å². The van der Waals surface area contributed by atoms with Crippen molar-refractivity contribution in [3.63, 3.8) is 0 Å². The van der Waals surface area contributed by atoms with Crippen molar-refractivity contribution >= 4 is 15.9 Å². The third kappa shape index (κ3) is 3.34. The van der Waals surface area contributed by atoms with Crippen LogP contribution >= 0.6 is 15.9 Å². The van der Waals surface area contributed by atoms with Gasteiger partial charge in [-0.15, -0.1) is 0 Å². The Morgan fingerprint density at radius 3 is 2.80 bits per heavy atom. The molecule has 1 rings (SSSR count). The standard InChI is InChI=1S/C10H15BrN2O2/c1-3-4-7(2)5-13-6-8(11)9(14)12-10(13)15/h6-7H,3-5H2,1-2H3,(H,12,14,15). The number of nitrogens with zero attached hydrogens (tertiary/aromatic N) is 1. The summed E-state index contributed by atoms with van der Waals surface area (Å²) in [5.41, 5.74) is -0.717. The molecule has 5 heteroatoms. The fourth-order valence-electron chi connectivity index (χ4n) is 1.54. The summed E-state index contributed by atoms with van der Waals surface area (Å²) >= 11 is 3.11. The predicted octanol–water partition coefficient (Wildman–Crippen LogP) is 1.74. The number of nitrogens with one attached hydrogen (secondary N) is 1. The van der Waals surface area contributed by atoms with Crippen molar-refractivity contribution in [3.8, 4) is 0 Å². The highest BCUT2D eigenvalue weighted by Gasteiger charge is 2.06. The van der Waals surface area contributed by atoms with E-state index in [1.54, 1.807) is 6.20 Å². The van der Waals surface area contributed by atoms with Crippen LogP contribution in [0.15, 0.2) is 20.3 Å². The van der Waals surface area contributed by atoms with Crippen LogP contribution in [0.5, 0.6) is 0 Å². The molecule has 84 valence electrons. The summed E-state index contributed by atoms with van der Waals surface area (Å²) in [5, 5.41) is 0. The zero-order valence-corrected chi connectivity index (χ0v) is 10.5. The molecule has 0 aliphatic rings. The van der Waals surface area contributed by atoms with Gasteiger partial charge in [0.05, 0.1) is 4.47 Å². The van der Waals surface area contributed by atoms with E-state index in [-0.39, 0.29) is 11.2 Å². The maximum atomic E-state index is 11.4. The van der Waals surface area contributed by atoms with Crippen LogP contribution in [0.1, 0.15) is 26.7 Å². The monoisotopic (exact) mass is 274 g/mol. The minimum atomic E-state index is -0.376. The molecule has 15 heavy (non-hydrogen) atoms. The lowest BCUT2D eigenvalue weighted by Crippen LogP contribution is -2.31. The molecule has 1 N–H and O–H groups in total. The molecular weight excluding hydrogens is 260 g/mol. The summed E-state index contributed by atoms with van der Waals surface area (Å²) < 4.78 is 1.93. The van der Waals surface area contributed by atoms with Crippen LogP contribution in [0.3, 0.4) is 0 Å². The number of aromatic amines is 1. The first kappa shape index (κ1) is 12.2. The molecule has 0 aliphatic heterocycles. The lowest BCUT2D eigenvalue weighted by molar-refractivity contribution is 0.432. The summed E-state index contributed by atoms with van der Waals surface area (Å²) in [6, 6.07) is 0. The third-order valence-electron chi connectivity index (χ3n) is 2.26. The van der Waals surface area contributed by atoms with Gasteiger partial charge in [-0.1, -0.05) is 20.3 Å². The van der Waals surface area contributed by atoms with Gasteiger partial charge in [0.25, 0.3) is 5.56 Å². The van der Waals surface area contributed by atoms with Gasteiger partial charge in [0, 0.05) is 12.7 Å². The maximum Gasteiger partial charge on any atom is 0.328 e. The van der Waals surface area contributed by atoms with Crippen LogP contribution < -0.4 is 11.2 Å². The molecule has 1 aromatic rings. The van der Waals surface area contributed by atoms with Crippen molar-refractivity contribution in [2.75, 3.05) is 0 Å². The van der Waals surface area contributed by atoms with Gasteiger partial charge in [-0.2, -0.15) is 0 Å². The Labute approximate surface area is 96.5 Å². The molecule has 1 atom stereocenters. The van der Waals surface area contributed by atoms with Crippen molar-refractivity contribution in [2.45, 2.75) is 33.2 Å². The maximum absolute atomic E-state index is 11.4. The molecule has 0 spiro atoms. The number of aromatic nitrogens is 2. The Bertz CT molecular complexity index is 436. The molecule has 0 aromatic carbocycles. The van der Waals surface area contributed by atoms with Crippen molar-refractivity contribution in [1.82, 2.24) is 9.55 Å². The number of hydrogen-bond acceptors (Lipinski definition) is 2. The van der Waals surface area contributed by atoms with Gasteiger partial charge < -0.3 is 0 Å². The Morgan fingerprint density at radius 1 is 1.53 bits per heavy atom. The number of hydrogen-bond donors (Lipinski definition) is 1. The van der Waals surface area contributed by atoms with Gasteiger partial charge in [0.2, 0.25) is 0 Å². The summed E-state index contributed by atoms with van der Waals surface area (Å²) in [7, 11) is 0. The highest BCUT2D eigenvalue weighted by Crippen LogP contribution is 2.07. The lowest BCUT2D eigenvalue weighted by Gasteiger charge is -2.11. The fraction of sp³-hybridized carbons (Fsp3) is 0.600. The van der Waals surface area contributed by atoms with E-state index in [2.05, 4.69) is 34.8 Å². The molecule has 0 bridgehead atoms. The Morgan fingerprint density at radius 2 is 2.20 bits per heavy atom. The number of rotatable bonds is 4. The van der Waals surface area contributed by atoms with E-state index >= 15 is 0 Å². The molecule has 4 nitrogen and oxygen atoms in total. The SMILES string of the molecule is CCCC(C)Cn1cc(Br)c(=O)[nH]c1=O. The minimum absolute atomic E-state index is 0.342. The van der Waals surface area contributed by atoms with Crippen LogP contribution in [0.2, 0.25) is 0 Å². The normalized spacial score (nSPS) is 12.7. The molecule has 1 heterocycles. The quantitative estimate of drug-likeness (QED) is 0.909. The molecular formula is C10H15BrN2O2. The fourth-order valence-corrected chi connectivity index (χ4v) is 1.88. The average Bonchev–Trinajstić information content (AvgIpc) is 2.14. The lowest BCUT2D eigenvalue weighted by atomic mass is 10.1. The highest BCUT2D eigenvalue weighted by atomic mass is 79.9. The van der Waals surface area contributed by atoms with E-state index in [0.29, 0.717) is 16.9 Å². The predicted molar refractivity (Wildman–Crippen MR) is 63.1 cm³/mol. The Balaban J connectivity index is 2.91. The van der Waals surface area contributed by atoms with Crippen LogP contribution in [0.25, 0.3) is 0 Å². The average molecular weight is 275 g/mol. The summed E-state index contributed by atoms with van der Waals surface area (Å²) in [6.45, 7) is 4.85. The van der Waals surface area contributed by atoms with E-state index in [4.69, 9.17) is 0 Å². The van der Waals surface area contributed by atoms with Crippen molar-refractivity contribution < 1.29 is 0 Å². The van der Waals surface area contributed by atoms with E-state index < -0.39 is 0 Å². The number of H-pyrrole nitrogens is 1. The molecule has 0 saturated heterocycles. The largest absolute Gasteiger partial charge is 0.328 e. The minimum Gasteiger partial charge on any atom is -0.299 e. The van der Waals surface area contributed by atoms with E-state index in [1.807, 2.05) is 0 Å². The Hall–Kier alpha value is -0.840. The van der Waals surface area contributed by atoms with Gasteiger partial charge in [0.15, 0.2) is 0 Å². The second kappa shape index (κ2) is 5.30. The molecule has 0 radical (unpaired) electrons. The molecule has 0 saturated carbocycles. The van der Waals surface area contributed by atoms with E-state index in [9.17, 15) is 9.59 Å². The molecule has 0 aliphatic carbocycles. The van der Waals surface area contributed by atoms with Crippen LogP contribution in [-0.2, 0) is 6.54 Å². The second-order valence-corrected chi connectivity index (χ2v) is 4.64. The first-order valence-corrected chi connectivity index (χ1v) is 5.83. The van der Waals surface area contributed by atoms with Crippen LogP contribution in [-0.4, -0.2) is 9.55 Å². The zero-order chi connectivity index (χ0) is 11.4. The summed E-state index contributed by atoms with van der Waals surface area (Å²) in [5.74, 6) is 0.436. The van der Waals surface area contributed by atoms with Gasteiger partial charge in [-0.05, 0) is 28.3 Å². The van der Waals surface area contributed by atoms with Crippen molar-refractivity contribution in [3.05, 3.63) is 31.5 Å². The first-order valence-electron chi connectivity index (χ1n) is 5.03. The topological polar surface area (TPSA) is 54.9 Å². The summed E-state index contributed by atoms with van der Waals surface area (Å²) in [4.78, 5) is 24.8. The van der Waals surface area contributed by atoms with Gasteiger partial charge in [0.1, 0.15) is 0 Å². The van der Waals surface area contributed by atoms with Crippen molar-refractivity contribution in [1.29, 1.82) is 0 Å². The van der Waals surface area contributed by atoms with Gasteiger partial charge in [-0.3, -0.25) is 14.3 Å². The smallest absolute Gasteiger partial charge is 0.299 e. The summed E-state index contributed by atoms with van der Waals surface area (Å²) in [6.07, 6.45) is 3.72. The zero-order valence-electron chi connectivity index (χ0n) is 8.92. The number of halogens is 1. The second-order valence-electron chi connectivity index (χ2n) is 3.78. The molecule has 0 fully saturated rings.